The van der Waals surface area contributed by atoms with E-state index in [1.165, 1.54) is 154 Å². The number of nitrogens with two attached hydrogens (primary N) is 1. The van der Waals surface area contributed by atoms with Gasteiger partial charge in [-0.1, -0.05) is 187 Å². The van der Waals surface area contributed by atoms with Crippen LogP contribution < -0.4 is 11.1 Å². The van der Waals surface area contributed by atoms with Crippen molar-refractivity contribution in [2.45, 2.75) is 257 Å². The lowest BCUT2D eigenvalue weighted by molar-refractivity contribution is -0.147. The first kappa shape index (κ1) is 51.1. The Bertz CT molecular complexity index is 848. The van der Waals surface area contributed by atoms with Crippen LogP contribution in [0, 0.1) is 0 Å². The van der Waals surface area contributed by atoms with E-state index in [4.69, 9.17) is 10.5 Å². The number of ether oxygens (including phenoxy) is 1. The number of aliphatic carboxylic acids is 1. The highest BCUT2D eigenvalue weighted by molar-refractivity contribution is 5.83. The third-order valence-electron chi connectivity index (χ3n) is 10.6. The number of carboxylic acids is 1. The summed E-state index contributed by atoms with van der Waals surface area (Å²) in [7, 11) is 0. The molecule has 0 rings (SSSR count). The lowest BCUT2D eigenvalue weighted by Crippen LogP contribution is -2.40. The molecule has 1 amide bonds. The first-order chi connectivity index (χ1) is 25.9. The van der Waals surface area contributed by atoms with E-state index in [9.17, 15) is 19.5 Å². The molecule has 7 nitrogen and oxygen atoms in total. The van der Waals surface area contributed by atoms with Crippen LogP contribution in [-0.2, 0) is 19.1 Å². The first-order valence-electron chi connectivity index (χ1n) is 23.0. The Balaban J connectivity index is 4.17. The van der Waals surface area contributed by atoms with E-state index in [0.29, 0.717) is 38.6 Å². The predicted octanol–water partition coefficient (Wildman–Crippen LogP) is 13.1. The molecule has 2 atom stereocenters. The van der Waals surface area contributed by atoms with Crippen molar-refractivity contribution in [2.24, 2.45) is 5.73 Å². The predicted molar refractivity (Wildman–Crippen MR) is 225 cm³/mol. The fraction of sp³-hybridized carbons (Fsp3) is 0.891. The molecule has 0 saturated carbocycles. The van der Waals surface area contributed by atoms with Gasteiger partial charge in [0.1, 0.15) is 12.1 Å². The monoisotopic (exact) mass is 749 g/mol. The number of allylic oxidation sites excluding steroid dienone is 1. The van der Waals surface area contributed by atoms with Gasteiger partial charge in [0.2, 0.25) is 5.91 Å². The molecular weight excluding hydrogens is 661 g/mol. The standard InChI is InChI=1S/C46H88N2O5/c1-3-5-7-9-11-13-14-15-16-17-18-19-20-21-22-24-26-28-34-40-45(50)53-42(36-31-27-25-23-12-10-8-6-4-2)37-32-29-30-33-39-44(49)48-43(46(51)52)38-35-41-47/h31,36,42-43H,3-30,32-35,37-41,47H2,1-2H3,(H,48,49)(H,51,52)/b36-31-. The van der Waals surface area contributed by atoms with Crippen molar-refractivity contribution in [1.82, 2.24) is 5.32 Å². The number of amides is 1. The largest absolute Gasteiger partial charge is 0.480 e. The second-order valence-electron chi connectivity index (χ2n) is 15.8. The fourth-order valence-electron chi connectivity index (χ4n) is 7.07. The third kappa shape index (κ3) is 38.2. The summed E-state index contributed by atoms with van der Waals surface area (Å²) in [5, 5.41) is 11.9. The van der Waals surface area contributed by atoms with Crippen LogP contribution in [-0.4, -0.2) is 41.6 Å². The van der Waals surface area contributed by atoms with Crippen molar-refractivity contribution in [3.8, 4) is 0 Å². The summed E-state index contributed by atoms with van der Waals surface area (Å²) in [6, 6.07) is -0.867. The number of hydrogen-bond donors (Lipinski definition) is 3. The van der Waals surface area contributed by atoms with Gasteiger partial charge in [0.15, 0.2) is 0 Å². The molecule has 0 aromatic rings. The molecule has 7 heteroatoms. The van der Waals surface area contributed by atoms with Gasteiger partial charge in [-0.2, -0.15) is 0 Å². The van der Waals surface area contributed by atoms with Gasteiger partial charge >= 0.3 is 11.9 Å². The molecule has 312 valence electrons. The van der Waals surface area contributed by atoms with Crippen molar-refractivity contribution in [3.05, 3.63) is 12.2 Å². The molecule has 0 fully saturated rings. The number of carbonyl (C=O) groups excluding carboxylic acids is 2. The summed E-state index contributed by atoms with van der Waals surface area (Å²) in [5.41, 5.74) is 5.49. The number of rotatable bonds is 42. The molecule has 0 aromatic heterocycles. The zero-order valence-corrected chi connectivity index (χ0v) is 35.1. The second-order valence-corrected chi connectivity index (χ2v) is 15.8. The van der Waals surface area contributed by atoms with Crippen molar-refractivity contribution in [1.29, 1.82) is 0 Å². The topological polar surface area (TPSA) is 119 Å². The highest BCUT2D eigenvalue weighted by Gasteiger charge is 2.19. The maximum Gasteiger partial charge on any atom is 0.326 e. The van der Waals surface area contributed by atoms with E-state index in [1.54, 1.807) is 0 Å². The van der Waals surface area contributed by atoms with E-state index >= 15 is 0 Å². The van der Waals surface area contributed by atoms with Crippen LogP contribution in [0.1, 0.15) is 245 Å². The van der Waals surface area contributed by atoms with Gasteiger partial charge in [0.05, 0.1) is 0 Å². The van der Waals surface area contributed by atoms with E-state index in [2.05, 4.69) is 31.3 Å². The fourth-order valence-corrected chi connectivity index (χ4v) is 7.07. The number of carboxylic acid groups (broad SMARTS) is 1. The Hall–Kier alpha value is -1.89. The van der Waals surface area contributed by atoms with Crippen LogP contribution in [0.25, 0.3) is 0 Å². The Kier molecular flexibility index (Phi) is 39.8. The second kappa shape index (κ2) is 41.3. The molecular formula is C46H88N2O5. The van der Waals surface area contributed by atoms with E-state index in [1.807, 2.05) is 0 Å². The smallest absolute Gasteiger partial charge is 0.326 e. The summed E-state index contributed by atoms with van der Waals surface area (Å²) in [6.07, 6.45) is 45.6. The number of nitrogens with one attached hydrogen (secondary N) is 1. The number of esters is 1. The SMILES string of the molecule is CCCCCCCCC/C=C\C(CCCCCCC(=O)NC(CCCN)C(=O)O)OC(=O)CCCCCCCCCCCCCCCCCCCCC. The minimum Gasteiger partial charge on any atom is -0.480 e. The van der Waals surface area contributed by atoms with Crippen molar-refractivity contribution in [2.75, 3.05) is 6.54 Å². The molecule has 0 aliphatic heterocycles. The summed E-state index contributed by atoms with van der Waals surface area (Å²) in [4.78, 5) is 36.4. The zero-order chi connectivity index (χ0) is 38.9. The summed E-state index contributed by atoms with van der Waals surface area (Å²) in [6.45, 7) is 4.94. The van der Waals surface area contributed by atoms with Crippen LogP contribution in [0.4, 0.5) is 0 Å². The van der Waals surface area contributed by atoms with Gasteiger partial charge in [-0.3, -0.25) is 9.59 Å². The Labute approximate surface area is 328 Å². The molecule has 0 aliphatic carbocycles. The molecule has 0 aliphatic rings. The third-order valence-corrected chi connectivity index (χ3v) is 10.6. The molecule has 4 N–H and O–H groups in total. The van der Waals surface area contributed by atoms with E-state index < -0.39 is 12.0 Å². The van der Waals surface area contributed by atoms with Crippen LogP contribution >= 0.6 is 0 Å². The number of carbonyl (C=O) groups is 3. The highest BCUT2D eigenvalue weighted by atomic mass is 16.5. The van der Waals surface area contributed by atoms with Gasteiger partial charge in [-0.25, -0.2) is 4.79 Å². The molecule has 0 aromatic carbocycles. The average molecular weight is 749 g/mol. The normalized spacial score (nSPS) is 12.7. The molecule has 0 radical (unpaired) electrons. The lowest BCUT2D eigenvalue weighted by Gasteiger charge is -2.15. The maximum absolute atomic E-state index is 12.8. The summed E-state index contributed by atoms with van der Waals surface area (Å²) < 4.78 is 5.95. The quantitative estimate of drug-likeness (QED) is 0.0325. The minimum atomic E-state index is -1.01. The van der Waals surface area contributed by atoms with Gasteiger partial charge in [0.25, 0.3) is 0 Å². The van der Waals surface area contributed by atoms with Gasteiger partial charge in [-0.15, -0.1) is 0 Å². The van der Waals surface area contributed by atoms with Gasteiger partial charge in [-0.05, 0) is 64.0 Å². The lowest BCUT2D eigenvalue weighted by atomic mass is 10.0. The molecule has 2 unspecified atom stereocenters. The molecule has 53 heavy (non-hydrogen) atoms. The van der Waals surface area contributed by atoms with Gasteiger partial charge < -0.3 is 20.9 Å². The number of hydrogen-bond acceptors (Lipinski definition) is 5. The average Bonchev–Trinajstić information content (AvgIpc) is 3.14. The Morgan fingerprint density at radius 3 is 1.42 bits per heavy atom. The van der Waals surface area contributed by atoms with E-state index in [0.717, 1.165) is 44.9 Å². The van der Waals surface area contributed by atoms with Crippen LogP contribution in [0.15, 0.2) is 12.2 Å². The van der Waals surface area contributed by atoms with Crippen molar-refractivity contribution in [3.63, 3.8) is 0 Å². The van der Waals surface area contributed by atoms with Crippen molar-refractivity contribution >= 4 is 17.8 Å². The zero-order valence-electron chi connectivity index (χ0n) is 35.1. The summed E-state index contributed by atoms with van der Waals surface area (Å²) in [5.74, 6) is -1.31. The van der Waals surface area contributed by atoms with Crippen LogP contribution in [0.3, 0.4) is 0 Å². The van der Waals surface area contributed by atoms with Gasteiger partial charge in [0, 0.05) is 12.8 Å². The molecule has 0 spiro atoms. The van der Waals surface area contributed by atoms with Crippen molar-refractivity contribution < 1.29 is 24.2 Å². The highest BCUT2D eigenvalue weighted by Crippen LogP contribution is 2.17. The van der Waals surface area contributed by atoms with Crippen LogP contribution in [0.5, 0.6) is 0 Å². The maximum atomic E-state index is 12.8. The Morgan fingerprint density at radius 1 is 0.547 bits per heavy atom. The van der Waals surface area contributed by atoms with E-state index in [-0.39, 0.29) is 18.0 Å². The minimum absolute atomic E-state index is 0.0816. The Morgan fingerprint density at radius 2 is 0.962 bits per heavy atom. The molecule has 0 saturated heterocycles. The van der Waals surface area contributed by atoms with Crippen LogP contribution in [0.2, 0.25) is 0 Å². The number of unbranched alkanes of at least 4 members (excludes halogenated alkanes) is 28. The molecule has 0 heterocycles. The first-order valence-corrected chi connectivity index (χ1v) is 23.0. The molecule has 0 bridgehead atoms. The summed E-state index contributed by atoms with van der Waals surface area (Å²) >= 11 is 0.